The van der Waals surface area contributed by atoms with Crippen molar-refractivity contribution in [1.29, 1.82) is 0 Å². The summed E-state index contributed by atoms with van der Waals surface area (Å²) >= 11 is 0. The Bertz CT molecular complexity index is 646. The molecule has 1 aromatic carbocycles. The largest absolute Gasteiger partial charge is 0.397 e. The van der Waals surface area contributed by atoms with E-state index in [-0.39, 0.29) is 5.91 Å². The number of nitrogen functional groups attached to an aromatic ring is 1. The van der Waals surface area contributed by atoms with Gasteiger partial charge in [0.05, 0.1) is 24.0 Å². The lowest BCUT2D eigenvalue weighted by Crippen LogP contribution is -2.04. The van der Waals surface area contributed by atoms with Crippen LogP contribution in [0, 0.1) is 6.92 Å². The Kier molecular flexibility index (Phi) is 2.63. The molecule has 0 unspecified atom stereocenters. The van der Waals surface area contributed by atoms with Crippen LogP contribution in [0.2, 0.25) is 0 Å². The van der Waals surface area contributed by atoms with Gasteiger partial charge in [-0.2, -0.15) is 5.10 Å². The zero-order chi connectivity index (χ0) is 13.4. The Morgan fingerprint density at radius 3 is 3.05 bits per heavy atom. The highest BCUT2D eigenvalue weighted by Crippen LogP contribution is 2.31. The summed E-state index contributed by atoms with van der Waals surface area (Å²) in [6.45, 7) is 2.61. The zero-order valence-electron chi connectivity index (χ0n) is 10.6. The molecular weight excluding hydrogens is 242 g/mol. The molecule has 5 N–H and O–H groups in total. The second-order valence-electron chi connectivity index (χ2n) is 4.70. The van der Waals surface area contributed by atoms with Crippen LogP contribution < -0.4 is 16.4 Å². The second-order valence-corrected chi connectivity index (χ2v) is 4.70. The smallest absolute Gasteiger partial charge is 0.228 e. The highest BCUT2D eigenvalue weighted by molar-refractivity contribution is 6.00. The number of aromatic amines is 1. The number of hydrogen-bond acceptors (Lipinski definition) is 4. The van der Waals surface area contributed by atoms with Gasteiger partial charge in [0.15, 0.2) is 0 Å². The number of nitrogens with one attached hydrogen (secondary N) is 3. The number of amides is 1. The summed E-state index contributed by atoms with van der Waals surface area (Å²) in [5, 5.41) is 12.9. The molecule has 2 aromatic rings. The van der Waals surface area contributed by atoms with E-state index in [4.69, 9.17) is 5.73 Å². The van der Waals surface area contributed by atoms with Gasteiger partial charge in [-0.25, -0.2) is 0 Å². The fourth-order valence-electron chi connectivity index (χ4n) is 2.19. The molecule has 0 bridgehead atoms. The first-order valence-corrected chi connectivity index (χ1v) is 6.08. The van der Waals surface area contributed by atoms with Crippen molar-refractivity contribution < 1.29 is 4.79 Å². The molecule has 6 heteroatoms. The fraction of sp³-hybridized carbons (Fsp3) is 0.231. The van der Waals surface area contributed by atoms with Gasteiger partial charge >= 0.3 is 0 Å². The molecule has 6 nitrogen and oxygen atoms in total. The van der Waals surface area contributed by atoms with Gasteiger partial charge in [0, 0.05) is 23.5 Å². The zero-order valence-corrected chi connectivity index (χ0v) is 10.6. The molecule has 3 rings (SSSR count). The molecule has 19 heavy (non-hydrogen) atoms. The average molecular weight is 257 g/mol. The number of carbonyl (C=O) groups is 1. The number of benzene rings is 1. The number of anilines is 3. The first-order chi connectivity index (χ1) is 9.13. The average Bonchev–Trinajstić information content (AvgIpc) is 2.91. The molecule has 0 atom stereocenters. The number of rotatable bonds is 3. The van der Waals surface area contributed by atoms with Crippen molar-refractivity contribution in [2.45, 2.75) is 19.9 Å². The summed E-state index contributed by atoms with van der Waals surface area (Å²) in [4.78, 5) is 11.3. The van der Waals surface area contributed by atoms with Crippen molar-refractivity contribution in [3.05, 3.63) is 35.2 Å². The van der Waals surface area contributed by atoms with Crippen LogP contribution in [0.5, 0.6) is 0 Å². The predicted molar refractivity (Wildman–Crippen MR) is 73.8 cm³/mol. The van der Waals surface area contributed by atoms with Crippen molar-refractivity contribution in [3.8, 4) is 0 Å². The number of nitrogens with zero attached hydrogens (tertiary/aromatic N) is 1. The molecule has 1 aliphatic rings. The molecule has 2 heterocycles. The third kappa shape index (κ3) is 2.12. The van der Waals surface area contributed by atoms with Crippen LogP contribution >= 0.6 is 0 Å². The van der Waals surface area contributed by atoms with Crippen LogP contribution in [-0.4, -0.2) is 16.1 Å². The van der Waals surface area contributed by atoms with E-state index in [0.29, 0.717) is 18.7 Å². The summed E-state index contributed by atoms with van der Waals surface area (Å²) < 4.78 is 0. The van der Waals surface area contributed by atoms with Crippen LogP contribution in [0.3, 0.4) is 0 Å². The van der Waals surface area contributed by atoms with E-state index in [1.165, 1.54) is 0 Å². The maximum atomic E-state index is 11.3. The molecular formula is C13H15N5O. The number of aromatic nitrogens is 2. The molecule has 98 valence electrons. The minimum absolute atomic E-state index is 0.0113. The van der Waals surface area contributed by atoms with E-state index < -0.39 is 0 Å². The molecule has 0 saturated heterocycles. The van der Waals surface area contributed by atoms with Gasteiger partial charge < -0.3 is 16.4 Å². The third-order valence-electron chi connectivity index (χ3n) is 3.30. The predicted octanol–water partition coefficient (Wildman–Crippen LogP) is 1.41. The highest BCUT2D eigenvalue weighted by atomic mass is 16.1. The monoisotopic (exact) mass is 257 g/mol. The summed E-state index contributed by atoms with van der Waals surface area (Å²) in [7, 11) is 0. The molecule has 0 radical (unpaired) electrons. The lowest BCUT2D eigenvalue weighted by atomic mass is 10.1. The number of carbonyl (C=O) groups excluding carboxylic acids is 1. The Balaban J connectivity index is 1.80. The lowest BCUT2D eigenvalue weighted by molar-refractivity contribution is -0.115. The first kappa shape index (κ1) is 11.6. The van der Waals surface area contributed by atoms with E-state index in [0.717, 1.165) is 28.2 Å². The Hall–Kier alpha value is -2.50. The van der Waals surface area contributed by atoms with Crippen molar-refractivity contribution >= 4 is 23.0 Å². The van der Waals surface area contributed by atoms with Crippen LogP contribution in [0.25, 0.3) is 0 Å². The van der Waals surface area contributed by atoms with E-state index in [1.54, 1.807) is 6.20 Å². The van der Waals surface area contributed by atoms with E-state index in [1.807, 2.05) is 19.1 Å². The van der Waals surface area contributed by atoms with Gasteiger partial charge in [-0.1, -0.05) is 0 Å². The third-order valence-corrected chi connectivity index (χ3v) is 3.30. The van der Waals surface area contributed by atoms with Crippen molar-refractivity contribution in [2.24, 2.45) is 0 Å². The summed E-state index contributed by atoms with van der Waals surface area (Å²) in [5.74, 6) is 0.0113. The summed E-state index contributed by atoms with van der Waals surface area (Å²) in [6, 6.07) is 3.72. The van der Waals surface area contributed by atoms with E-state index in [9.17, 15) is 4.79 Å². The molecule has 0 fully saturated rings. The first-order valence-electron chi connectivity index (χ1n) is 6.08. The molecule has 0 spiro atoms. The maximum Gasteiger partial charge on any atom is 0.228 e. The number of H-pyrrole nitrogens is 1. The number of fused-ring (bicyclic) bond motifs is 1. The number of nitrogens with two attached hydrogens (primary N) is 1. The fourth-order valence-corrected chi connectivity index (χ4v) is 2.19. The Labute approximate surface area is 110 Å². The van der Waals surface area contributed by atoms with Gasteiger partial charge in [0.2, 0.25) is 5.91 Å². The van der Waals surface area contributed by atoms with Crippen LogP contribution in [0.1, 0.15) is 16.8 Å². The van der Waals surface area contributed by atoms with Gasteiger partial charge in [-0.05, 0) is 24.6 Å². The topological polar surface area (TPSA) is 95.8 Å². The van der Waals surface area contributed by atoms with E-state index in [2.05, 4.69) is 20.8 Å². The molecule has 1 aromatic heterocycles. The van der Waals surface area contributed by atoms with Crippen molar-refractivity contribution in [2.75, 3.05) is 16.4 Å². The van der Waals surface area contributed by atoms with Crippen molar-refractivity contribution in [1.82, 2.24) is 10.2 Å². The van der Waals surface area contributed by atoms with E-state index >= 15 is 0 Å². The minimum Gasteiger partial charge on any atom is -0.397 e. The number of hydrogen-bond donors (Lipinski definition) is 4. The molecule has 0 saturated carbocycles. The van der Waals surface area contributed by atoms with Gasteiger partial charge in [-0.15, -0.1) is 0 Å². The second kappa shape index (κ2) is 4.31. The normalized spacial score (nSPS) is 13.2. The summed E-state index contributed by atoms with van der Waals surface area (Å²) in [5.41, 5.74) is 11.4. The molecule has 1 amide bonds. The maximum absolute atomic E-state index is 11.3. The summed E-state index contributed by atoms with van der Waals surface area (Å²) in [6.07, 6.45) is 2.19. The molecule has 0 aliphatic carbocycles. The van der Waals surface area contributed by atoms with Crippen LogP contribution in [0.15, 0.2) is 18.3 Å². The van der Waals surface area contributed by atoms with Gasteiger partial charge in [0.25, 0.3) is 0 Å². The standard InChI is InChI=1S/C13H15N5O/c1-7-9(6-16-18-7)5-15-12-4-11-8(2-10(12)14)3-13(19)17-11/h2,4,6,15H,3,5,14H2,1H3,(H,16,18)(H,17,19). The Morgan fingerprint density at radius 1 is 1.47 bits per heavy atom. The van der Waals surface area contributed by atoms with Crippen LogP contribution in [-0.2, 0) is 17.8 Å². The van der Waals surface area contributed by atoms with Crippen molar-refractivity contribution in [3.63, 3.8) is 0 Å². The van der Waals surface area contributed by atoms with Gasteiger partial charge in [-0.3, -0.25) is 9.89 Å². The van der Waals surface area contributed by atoms with Crippen LogP contribution in [0.4, 0.5) is 17.1 Å². The molecule has 1 aliphatic heterocycles. The van der Waals surface area contributed by atoms with Gasteiger partial charge in [0.1, 0.15) is 0 Å². The highest BCUT2D eigenvalue weighted by Gasteiger charge is 2.19. The SMILES string of the molecule is Cc1[nH]ncc1CNc1cc2c(cc1N)CC(=O)N2. The quantitative estimate of drug-likeness (QED) is 0.625. The Morgan fingerprint density at radius 2 is 2.32 bits per heavy atom. The minimum atomic E-state index is 0.0113. The number of aryl methyl sites for hydroxylation is 1. The lowest BCUT2D eigenvalue weighted by Gasteiger charge is -2.11.